The Morgan fingerprint density at radius 2 is 2.06 bits per heavy atom. The van der Waals surface area contributed by atoms with Gasteiger partial charge in [0.05, 0.1) is 6.54 Å². The highest BCUT2D eigenvalue weighted by Gasteiger charge is 2.29. The van der Waals surface area contributed by atoms with Crippen LogP contribution in [0.2, 0.25) is 0 Å². The van der Waals surface area contributed by atoms with Gasteiger partial charge in [-0.05, 0) is 48.0 Å². The van der Waals surface area contributed by atoms with E-state index in [4.69, 9.17) is 4.74 Å². The van der Waals surface area contributed by atoms with Crippen LogP contribution in [-0.4, -0.2) is 53.2 Å². The molecule has 11 heteroatoms. The van der Waals surface area contributed by atoms with E-state index in [-0.39, 0.29) is 17.9 Å². The van der Waals surface area contributed by atoms with Crippen molar-refractivity contribution in [1.82, 2.24) is 35.3 Å². The highest BCUT2D eigenvalue weighted by molar-refractivity contribution is 5.92. The maximum absolute atomic E-state index is 13.0. The zero-order chi connectivity index (χ0) is 25.3. The van der Waals surface area contributed by atoms with Crippen LogP contribution in [0.4, 0.5) is 0 Å². The van der Waals surface area contributed by atoms with Crippen molar-refractivity contribution in [2.24, 2.45) is 0 Å². The molecule has 0 unspecified atom stereocenters. The van der Waals surface area contributed by atoms with Crippen molar-refractivity contribution in [3.63, 3.8) is 0 Å². The van der Waals surface area contributed by atoms with Crippen LogP contribution in [0.25, 0.3) is 5.69 Å². The Balaban J connectivity index is 1.38. The van der Waals surface area contributed by atoms with Crippen molar-refractivity contribution >= 4 is 5.91 Å². The predicted molar refractivity (Wildman–Crippen MR) is 129 cm³/mol. The molecule has 0 fully saturated rings. The highest BCUT2D eigenvalue weighted by Crippen LogP contribution is 2.30. The number of rotatable bonds is 4. The third-order valence-electron chi connectivity index (χ3n) is 5.43. The number of aromatic nitrogens is 6. The lowest BCUT2D eigenvalue weighted by atomic mass is 10.1. The van der Waals surface area contributed by atoms with Crippen LogP contribution in [0, 0.1) is 11.8 Å². The smallest absolute Gasteiger partial charge is 0.270 e. The average Bonchev–Trinajstić information content (AvgIpc) is 3.45. The second kappa shape index (κ2) is 9.16. The lowest BCUT2D eigenvalue weighted by molar-refractivity contribution is 0.0913. The van der Waals surface area contributed by atoms with Gasteiger partial charge in [-0.15, -0.1) is 5.10 Å². The molecule has 0 bridgehead atoms. The molecular formula is C25H23N7O4. The van der Waals surface area contributed by atoms with Gasteiger partial charge in [0.15, 0.2) is 5.82 Å². The molecule has 36 heavy (non-hydrogen) atoms. The number of ether oxygens (including phenoxy) is 1. The van der Waals surface area contributed by atoms with Crippen molar-refractivity contribution in [3.8, 4) is 23.3 Å². The summed E-state index contributed by atoms with van der Waals surface area (Å²) < 4.78 is 8.77. The van der Waals surface area contributed by atoms with Gasteiger partial charge in [0.25, 0.3) is 11.5 Å². The van der Waals surface area contributed by atoms with Crippen LogP contribution >= 0.6 is 0 Å². The third kappa shape index (κ3) is 4.89. The number of carbonyl (C=O) groups excluding carboxylic acids is 1. The van der Waals surface area contributed by atoms with Crippen molar-refractivity contribution < 1.29 is 14.6 Å². The Hall–Kier alpha value is -4.69. The standard InChI is InChI=1S/C25H23N7O4/c1-25(2,35)11-10-16-8-9-21-20(12-16)32-23(27-29-30-32)19(15-36-21)26-24(34)18-13-22(33)31(28-18)14-17-6-4-3-5-7-17/h3-9,12-13,19,28,35H,14-15H2,1-2H3,(H,26,34)/t19-/m0/s1. The third-order valence-corrected chi connectivity index (χ3v) is 5.43. The Kier molecular flexibility index (Phi) is 5.87. The molecule has 0 aliphatic carbocycles. The number of tetrazole rings is 1. The van der Waals surface area contributed by atoms with Crippen molar-refractivity contribution in [2.75, 3.05) is 6.61 Å². The zero-order valence-electron chi connectivity index (χ0n) is 19.6. The molecule has 2 aromatic heterocycles. The molecule has 3 N–H and O–H groups in total. The molecule has 5 rings (SSSR count). The van der Waals surface area contributed by atoms with Gasteiger partial charge < -0.3 is 15.2 Å². The molecule has 0 radical (unpaired) electrons. The SMILES string of the molecule is CC(C)(O)C#Cc1ccc2c(c1)-n1nnnc1[C@@H](NC(=O)c1cc(=O)n(Cc3ccccc3)[nH]1)CO2. The molecule has 2 aromatic carbocycles. The van der Waals surface area contributed by atoms with Gasteiger partial charge in [0, 0.05) is 11.6 Å². The molecule has 1 aliphatic heterocycles. The highest BCUT2D eigenvalue weighted by atomic mass is 16.5. The summed E-state index contributed by atoms with van der Waals surface area (Å²) in [5.74, 6) is 6.07. The van der Waals surface area contributed by atoms with E-state index >= 15 is 0 Å². The number of aromatic amines is 1. The van der Waals surface area contributed by atoms with Crippen LogP contribution < -0.4 is 15.6 Å². The van der Waals surface area contributed by atoms with Gasteiger partial charge >= 0.3 is 0 Å². The number of hydrogen-bond donors (Lipinski definition) is 3. The van der Waals surface area contributed by atoms with Crippen LogP contribution in [-0.2, 0) is 6.54 Å². The molecule has 1 aliphatic rings. The largest absolute Gasteiger partial charge is 0.489 e. The predicted octanol–water partition coefficient (Wildman–Crippen LogP) is 1.19. The van der Waals surface area contributed by atoms with E-state index in [1.165, 1.54) is 15.4 Å². The minimum absolute atomic E-state index is 0.0722. The minimum atomic E-state index is -1.14. The molecule has 3 heterocycles. The van der Waals surface area contributed by atoms with Gasteiger partial charge in [0.1, 0.15) is 35.4 Å². The summed E-state index contributed by atoms with van der Waals surface area (Å²) in [5.41, 5.74) is 0.769. The fraction of sp³-hybridized carbons (Fsp3) is 0.240. The van der Waals surface area contributed by atoms with E-state index in [0.717, 1.165) is 5.56 Å². The van der Waals surface area contributed by atoms with Crippen LogP contribution in [0.3, 0.4) is 0 Å². The van der Waals surface area contributed by atoms with Crippen molar-refractivity contribution in [2.45, 2.75) is 32.0 Å². The molecule has 0 saturated carbocycles. The first kappa shape index (κ1) is 23.1. The number of hydrogen-bond acceptors (Lipinski definition) is 7. The molecule has 1 amide bonds. The Morgan fingerprint density at radius 1 is 1.25 bits per heavy atom. The first-order valence-electron chi connectivity index (χ1n) is 11.2. The number of aliphatic hydroxyl groups is 1. The number of benzene rings is 2. The van der Waals surface area contributed by atoms with Gasteiger partial charge in [-0.2, -0.15) is 4.68 Å². The Labute approximate surface area is 205 Å². The summed E-state index contributed by atoms with van der Waals surface area (Å²) in [7, 11) is 0. The monoisotopic (exact) mass is 485 g/mol. The van der Waals surface area contributed by atoms with Crippen LogP contribution in [0.1, 0.15) is 47.3 Å². The molecule has 1 atom stereocenters. The molecule has 4 aromatic rings. The van der Waals surface area contributed by atoms with E-state index in [9.17, 15) is 14.7 Å². The summed E-state index contributed by atoms with van der Waals surface area (Å²) in [6.07, 6.45) is 0. The van der Waals surface area contributed by atoms with E-state index in [2.05, 4.69) is 37.8 Å². The van der Waals surface area contributed by atoms with E-state index < -0.39 is 17.6 Å². The maximum Gasteiger partial charge on any atom is 0.270 e. The quantitative estimate of drug-likeness (QED) is 0.369. The van der Waals surface area contributed by atoms with Gasteiger partial charge in [-0.3, -0.25) is 14.7 Å². The summed E-state index contributed by atoms with van der Waals surface area (Å²) >= 11 is 0. The fourth-order valence-corrected chi connectivity index (χ4v) is 3.71. The minimum Gasteiger partial charge on any atom is -0.489 e. The van der Waals surface area contributed by atoms with Gasteiger partial charge in [-0.1, -0.05) is 42.2 Å². The number of carbonyl (C=O) groups is 1. The summed E-state index contributed by atoms with van der Waals surface area (Å²) in [6.45, 7) is 3.58. The number of nitrogens with one attached hydrogen (secondary N) is 2. The molecule has 182 valence electrons. The van der Waals surface area contributed by atoms with Gasteiger partial charge in [-0.25, -0.2) is 4.68 Å². The maximum atomic E-state index is 13.0. The number of fused-ring (bicyclic) bond motifs is 3. The number of H-pyrrole nitrogens is 1. The average molecular weight is 486 g/mol. The second-order valence-corrected chi connectivity index (χ2v) is 8.86. The first-order valence-corrected chi connectivity index (χ1v) is 11.2. The summed E-state index contributed by atoms with van der Waals surface area (Å²) in [5, 5.41) is 27.5. The molecule has 11 nitrogen and oxygen atoms in total. The lowest BCUT2D eigenvalue weighted by Gasteiger charge is -2.14. The molecule has 0 spiro atoms. The summed E-state index contributed by atoms with van der Waals surface area (Å²) in [6, 6.07) is 15.3. The molecular weight excluding hydrogens is 462 g/mol. The lowest BCUT2D eigenvalue weighted by Crippen LogP contribution is -2.33. The van der Waals surface area contributed by atoms with Crippen molar-refractivity contribution in [1.29, 1.82) is 0 Å². The Morgan fingerprint density at radius 3 is 2.83 bits per heavy atom. The number of nitrogens with zero attached hydrogens (tertiary/aromatic N) is 5. The van der Waals surface area contributed by atoms with E-state index in [1.807, 2.05) is 30.3 Å². The first-order chi connectivity index (χ1) is 17.3. The van der Waals surface area contributed by atoms with E-state index in [1.54, 1.807) is 32.0 Å². The normalized spacial score (nSPS) is 14.5. The van der Waals surface area contributed by atoms with Gasteiger partial charge in [0.2, 0.25) is 0 Å². The zero-order valence-corrected chi connectivity index (χ0v) is 19.6. The van der Waals surface area contributed by atoms with Crippen LogP contribution in [0.15, 0.2) is 59.4 Å². The topological polar surface area (TPSA) is 140 Å². The fourth-order valence-electron chi connectivity index (χ4n) is 3.71. The molecule has 0 saturated heterocycles. The van der Waals surface area contributed by atoms with E-state index in [0.29, 0.717) is 29.4 Å². The van der Waals surface area contributed by atoms with Crippen LogP contribution in [0.5, 0.6) is 5.75 Å². The summed E-state index contributed by atoms with van der Waals surface area (Å²) in [4.78, 5) is 25.4. The number of amides is 1. The second-order valence-electron chi connectivity index (χ2n) is 8.86. The Bertz CT molecular complexity index is 1530. The van der Waals surface area contributed by atoms with Crippen molar-refractivity contribution in [3.05, 3.63) is 87.6 Å².